The number of nitrogens with zero attached hydrogens (tertiary/aromatic N) is 3. The van der Waals surface area contributed by atoms with Crippen LogP contribution in [-0.4, -0.2) is 39.7 Å². The molecule has 1 aliphatic rings. The van der Waals surface area contributed by atoms with E-state index in [4.69, 9.17) is 21.3 Å². The maximum atomic E-state index is 11.5. The summed E-state index contributed by atoms with van der Waals surface area (Å²) in [4.78, 5) is 37.7. The number of benzene rings is 2. The number of hydrogen-bond acceptors (Lipinski definition) is 6. The van der Waals surface area contributed by atoms with E-state index >= 15 is 0 Å². The van der Waals surface area contributed by atoms with Gasteiger partial charge < -0.3 is 24.7 Å². The number of H-pyrrole nitrogens is 1. The number of aromatic amines is 1. The average molecular weight is 560 g/mol. The Labute approximate surface area is 239 Å². The fraction of sp³-hybridized carbons (Fsp3) is 0.355. The van der Waals surface area contributed by atoms with Crippen molar-refractivity contribution in [1.82, 2.24) is 20.3 Å². The molecule has 1 fully saturated rings. The quantitative estimate of drug-likeness (QED) is 0.251. The third-order valence-electron chi connectivity index (χ3n) is 7.38. The molecule has 0 bridgehead atoms. The maximum Gasteiger partial charge on any atom is 0.301 e. The Kier molecular flexibility index (Phi) is 7.81. The lowest BCUT2D eigenvalue weighted by atomic mass is 9.92. The molecule has 1 aliphatic heterocycles. The maximum absolute atomic E-state index is 11.5. The van der Waals surface area contributed by atoms with Crippen LogP contribution in [0, 0.1) is 5.92 Å². The number of piperidine rings is 1. The van der Waals surface area contributed by atoms with Crippen LogP contribution in [0.4, 0.5) is 5.69 Å². The molecular weight excluding hydrogens is 526 g/mol. The van der Waals surface area contributed by atoms with Gasteiger partial charge in [0, 0.05) is 37.7 Å². The molecule has 8 nitrogen and oxygen atoms in total. The number of nitrogens with one attached hydrogen (secondary N) is 2. The molecule has 1 amide bonds. The minimum absolute atomic E-state index is 0.0868. The molecule has 0 unspecified atom stereocenters. The number of carbonyl (C=O) groups is 2. The second-order valence-electron chi connectivity index (χ2n) is 11.0. The highest BCUT2D eigenvalue weighted by Crippen LogP contribution is 2.33. The average Bonchev–Trinajstić information content (AvgIpc) is 3.29. The van der Waals surface area contributed by atoms with Gasteiger partial charge >= 0.3 is 6.01 Å². The highest BCUT2D eigenvalue weighted by atomic mass is 35.5. The molecule has 2 aromatic heterocycles. The minimum Gasteiger partial charge on any atom is -0.426 e. The van der Waals surface area contributed by atoms with Gasteiger partial charge in [0.05, 0.1) is 21.8 Å². The lowest BCUT2D eigenvalue weighted by molar-refractivity contribution is -0.120. The van der Waals surface area contributed by atoms with Gasteiger partial charge in [0.2, 0.25) is 5.91 Å². The molecule has 208 valence electrons. The van der Waals surface area contributed by atoms with E-state index in [2.05, 4.69) is 32.3 Å². The van der Waals surface area contributed by atoms with Gasteiger partial charge in [-0.3, -0.25) is 4.79 Å². The Bertz CT molecular complexity index is 1520. The van der Waals surface area contributed by atoms with Gasteiger partial charge in [-0.05, 0) is 75.4 Å². The highest BCUT2D eigenvalue weighted by Gasteiger charge is 2.22. The normalized spacial score (nSPS) is 14.4. The van der Waals surface area contributed by atoms with Crippen LogP contribution < -0.4 is 15.0 Å². The molecular formula is C31H34ClN5O3. The molecule has 0 saturated carbocycles. The molecule has 0 aliphatic carbocycles. The SMILES string of the molecule is CC(=O)CC1CCN(c2ccc(-c3nc4nc(Oc5ccc(C(C)(C)NC(C)=O)cc5)[nH]c4cc3Cl)cc2)CC1. The van der Waals surface area contributed by atoms with E-state index in [1.54, 1.807) is 6.92 Å². The number of pyridine rings is 1. The van der Waals surface area contributed by atoms with Crippen LogP contribution in [0.15, 0.2) is 54.6 Å². The Morgan fingerprint density at radius 2 is 1.73 bits per heavy atom. The summed E-state index contributed by atoms with van der Waals surface area (Å²) in [7, 11) is 0. The van der Waals surface area contributed by atoms with Crippen molar-refractivity contribution in [1.29, 1.82) is 0 Å². The number of anilines is 1. The van der Waals surface area contributed by atoms with Crippen LogP contribution in [0.1, 0.15) is 52.5 Å². The molecule has 40 heavy (non-hydrogen) atoms. The Balaban J connectivity index is 1.28. The second-order valence-corrected chi connectivity index (χ2v) is 11.5. The third-order valence-corrected chi connectivity index (χ3v) is 7.67. The minimum atomic E-state index is -0.494. The van der Waals surface area contributed by atoms with Gasteiger partial charge in [0.1, 0.15) is 11.5 Å². The molecule has 3 heterocycles. The molecule has 2 N–H and O–H groups in total. The van der Waals surface area contributed by atoms with Crippen LogP contribution in [0.3, 0.4) is 0 Å². The number of ketones is 1. The lowest BCUT2D eigenvalue weighted by Crippen LogP contribution is -2.39. The summed E-state index contributed by atoms with van der Waals surface area (Å²) >= 11 is 6.63. The summed E-state index contributed by atoms with van der Waals surface area (Å²) in [6.45, 7) is 8.98. The van der Waals surface area contributed by atoms with Crippen LogP contribution in [0.2, 0.25) is 5.02 Å². The summed E-state index contributed by atoms with van der Waals surface area (Å²) in [5.41, 5.74) is 4.37. The summed E-state index contributed by atoms with van der Waals surface area (Å²) in [5, 5.41) is 3.46. The van der Waals surface area contributed by atoms with Crippen LogP contribution in [0.25, 0.3) is 22.4 Å². The van der Waals surface area contributed by atoms with Crippen LogP contribution in [0.5, 0.6) is 11.8 Å². The second kappa shape index (κ2) is 11.3. The molecule has 1 saturated heterocycles. The van der Waals surface area contributed by atoms with Gasteiger partial charge in [-0.1, -0.05) is 35.9 Å². The van der Waals surface area contributed by atoms with Gasteiger partial charge in [0.15, 0.2) is 5.65 Å². The highest BCUT2D eigenvalue weighted by molar-refractivity contribution is 6.33. The van der Waals surface area contributed by atoms with Crippen molar-refractivity contribution < 1.29 is 14.3 Å². The standard InChI is InChI=1S/C31H34ClN5O3/c1-19(38)17-21-13-15-37(16-14-21)24-9-5-22(6-10-24)28-26(32)18-27-29(34-28)35-30(33-27)40-25-11-7-23(8-12-25)31(3,4)36-20(2)39/h5-12,18,21H,13-17H2,1-4H3,(H,36,39)(H,33,34,35). The zero-order chi connectivity index (χ0) is 28.4. The number of carbonyl (C=O) groups excluding carboxylic acids is 2. The first-order valence-electron chi connectivity index (χ1n) is 13.6. The van der Waals surface area contributed by atoms with E-state index in [0.29, 0.717) is 46.0 Å². The van der Waals surface area contributed by atoms with Crippen molar-refractivity contribution in [2.45, 2.75) is 52.5 Å². The fourth-order valence-corrected chi connectivity index (χ4v) is 5.60. The largest absolute Gasteiger partial charge is 0.426 e. The lowest BCUT2D eigenvalue weighted by Gasteiger charge is -2.33. The van der Waals surface area contributed by atoms with E-state index in [1.807, 2.05) is 56.3 Å². The summed E-state index contributed by atoms with van der Waals surface area (Å²) < 4.78 is 5.95. The molecule has 9 heteroatoms. The van der Waals surface area contributed by atoms with E-state index < -0.39 is 5.54 Å². The third kappa shape index (κ3) is 6.28. The topological polar surface area (TPSA) is 100 Å². The van der Waals surface area contributed by atoms with Crippen molar-refractivity contribution >= 4 is 40.1 Å². The number of aromatic nitrogens is 3. The molecule has 5 rings (SSSR count). The van der Waals surface area contributed by atoms with E-state index in [0.717, 1.165) is 42.7 Å². The van der Waals surface area contributed by atoms with Crippen LogP contribution >= 0.6 is 11.6 Å². The molecule has 0 radical (unpaired) electrons. The van der Waals surface area contributed by atoms with Gasteiger partial charge in [-0.15, -0.1) is 0 Å². The first-order valence-corrected chi connectivity index (χ1v) is 13.9. The Morgan fingerprint density at radius 3 is 2.35 bits per heavy atom. The number of amides is 1. The summed E-state index contributed by atoms with van der Waals surface area (Å²) in [6.07, 6.45) is 2.76. The monoisotopic (exact) mass is 559 g/mol. The predicted octanol–water partition coefficient (Wildman–Crippen LogP) is 6.64. The van der Waals surface area contributed by atoms with Gasteiger partial charge in [-0.25, -0.2) is 4.98 Å². The number of halogens is 1. The molecule has 0 spiro atoms. The van der Waals surface area contributed by atoms with E-state index in [9.17, 15) is 9.59 Å². The number of imidazole rings is 1. The van der Waals surface area contributed by atoms with Crippen molar-refractivity contribution in [3.05, 3.63) is 65.2 Å². The van der Waals surface area contributed by atoms with Crippen molar-refractivity contribution in [3.8, 4) is 23.0 Å². The van der Waals surface area contributed by atoms with Gasteiger partial charge in [0.25, 0.3) is 0 Å². The first kappa shape index (κ1) is 27.6. The number of Topliss-reactive ketones (excluding diaryl/α,β-unsaturated/α-hetero) is 1. The Hall–Kier alpha value is -3.91. The molecule has 4 aromatic rings. The number of rotatable bonds is 8. The zero-order valence-electron chi connectivity index (χ0n) is 23.3. The number of ether oxygens (including phenoxy) is 1. The smallest absolute Gasteiger partial charge is 0.301 e. The first-order chi connectivity index (χ1) is 19.1. The molecule has 0 atom stereocenters. The van der Waals surface area contributed by atoms with Crippen molar-refractivity contribution in [2.24, 2.45) is 5.92 Å². The van der Waals surface area contributed by atoms with Crippen molar-refractivity contribution in [2.75, 3.05) is 18.0 Å². The van der Waals surface area contributed by atoms with E-state index in [1.165, 1.54) is 6.92 Å². The number of fused-ring (bicyclic) bond motifs is 1. The van der Waals surface area contributed by atoms with Crippen molar-refractivity contribution in [3.63, 3.8) is 0 Å². The fourth-order valence-electron chi connectivity index (χ4n) is 5.34. The summed E-state index contributed by atoms with van der Waals surface area (Å²) in [5.74, 6) is 1.29. The van der Waals surface area contributed by atoms with Crippen LogP contribution in [-0.2, 0) is 15.1 Å². The zero-order valence-corrected chi connectivity index (χ0v) is 24.0. The summed E-state index contributed by atoms with van der Waals surface area (Å²) in [6, 6.07) is 17.9. The van der Waals surface area contributed by atoms with Gasteiger partial charge in [-0.2, -0.15) is 4.98 Å². The Morgan fingerprint density at radius 1 is 1.05 bits per heavy atom. The predicted molar refractivity (Wildman–Crippen MR) is 158 cm³/mol. The van der Waals surface area contributed by atoms with E-state index in [-0.39, 0.29) is 11.7 Å². The number of hydrogen-bond donors (Lipinski definition) is 2. The molecule has 2 aromatic carbocycles.